The van der Waals surface area contributed by atoms with Crippen molar-refractivity contribution in [2.45, 2.75) is 6.16 Å². The highest BCUT2D eigenvalue weighted by Gasteiger charge is 2.15. The van der Waals surface area contributed by atoms with Gasteiger partial charge in [0, 0.05) is 20.4 Å². The first-order valence-corrected chi connectivity index (χ1v) is 6.77. The lowest BCUT2D eigenvalue weighted by Gasteiger charge is -2.17. The smallest absolute Gasteiger partial charge is 0.192 e. The molecule has 0 fully saturated rings. The Kier molecular flexibility index (Phi) is 4.07. The van der Waals surface area contributed by atoms with E-state index in [4.69, 9.17) is 20.9 Å². The van der Waals surface area contributed by atoms with E-state index < -0.39 is 6.49 Å². The van der Waals surface area contributed by atoms with Gasteiger partial charge in [-0.2, -0.15) is 0 Å². The van der Waals surface area contributed by atoms with Gasteiger partial charge in [0.15, 0.2) is 6.49 Å². The lowest BCUT2D eigenvalue weighted by molar-refractivity contribution is 0.336. The van der Waals surface area contributed by atoms with Gasteiger partial charge >= 0.3 is 0 Å². The predicted octanol–water partition coefficient (Wildman–Crippen LogP) is 2.79. The predicted molar refractivity (Wildman–Crippen MR) is 58.4 cm³/mol. The molecule has 4 heteroatoms. The zero-order valence-corrected chi connectivity index (χ0v) is 9.48. The highest BCUT2D eigenvalue weighted by molar-refractivity contribution is 8.09. The van der Waals surface area contributed by atoms with Crippen molar-refractivity contribution in [1.82, 2.24) is 0 Å². The second kappa shape index (κ2) is 4.87. The molecule has 0 radical (unpaired) electrons. The molecule has 1 aromatic carbocycles. The molecule has 13 heavy (non-hydrogen) atoms. The van der Waals surface area contributed by atoms with Crippen LogP contribution in [0, 0.1) is 0 Å². The highest BCUT2D eigenvalue weighted by Crippen LogP contribution is 2.49. The molecule has 2 nitrogen and oxygen atoms in total. The minimum absolute atomic E-state index is 0.691. The summed E-state index contributed by atoms with van der Waals surface area (Å²) in [6.45, 7) is -2.07. The summed E-state index contributed by atoms with van der Waals surface area (Å²) in [6.07, 6.45) is 0.691. The van der Waals surface area contributed by atoms with E-state index >= 15 is 0 Å². The Morgan fingerprint density at radius 3 is 2.15 bits per heavy atom. The first-order valence-electron chi connectivity index (χ1n) is 3.94. The third-order valence-corrected chi connectivity index (χ3v) is 4.92. The van der Waals surface area contributed by atoms with Gasteiger partial charge in [-0.05, 0) is 17.4 Å². The maximum Gasteiger partial charge on any atom is 0.192 e. The van der Waals surface area contributed by atoms with Gasteiger partial charge in [-0.1, -0.05) is 30.3 Å². The quantitative estimate of drug-likeness (QED) is 0.721. The Hall–Kier alpha value is -0.210. The third-order valence-electron chi connectivity index (χ3n) is 1.78. The Morgan fingerprint density at radius 2 is 1.69 bits per heavy atom. The largest absolute Gasteiger partial charge is 0.332 e. The van der Waals surface area contributed by atoms with E-state index in [0.29, 0.717) is 6.16 Å². The Morgan fingerprint density at radius 1 is 1.15 bits per heavy atom. The third kappa shape index (κ3) is 3.20. The van der Waals surface area contributed by atoms with Crippen molar-refractivity contribution in [2.75, 3.05) is 14.2 Å². The van der Waals surface area contributed by atoms with Crippen LogP contribution < -0.4 is 0 Å². The van der Waals surface area contributed by atoms with Crippen LogP contribution in [0.1, 0.15) is 5.56 Å². The standard InChI is InChI=1S/C9H13O2PS/c1-10-12(13,11-2)8-9-6-4-3-5-7-9/h3-7H,8H2,1-2H3. The average molecular weight is 216 g/mol. The molecule has 0 amide bonds. The molecule has 0 unspecified atom stereocenters. The Labute approximate surface area is 84.0 Å². The van der Waals surface area contributed by atoms with Gasteiger partial charge in [0.25, 0.3) is 0 Å². The molecule has 1 aromatic rings. The molecule has 0 aliphatic rings. The molecule has 0 saturated heterocycles. The molecular formula is C9H13O2PS. The molecule has 0 aromatic heterocycles. The topological polar surface area (TPSA) is 18.5 Å². The molecular weight excluding hydrogens is 203 g/mol. The van der Waals surface area contributed by atoms with Gasteiger partial charge in [0.2, 0.25) is 0 Å². The molecule has 0 saturated carbocycles. The van der Waals surface area contributed by atoms with Crippen LogP contribution in [0.25, 0.3) is 0 Å². The molecule has 0 heterocycles. The van der Waals surface area contributed by atoms with Crippen LogP contribution in [0.4, 0.5) is 0 Å². The van der Waals surface area contributed by atoms with E-state index in [1.54, 1.807) is 14.2 Å². The van der Waals surface area contributed by atoms with Crippen molar-refractivity contribution in [3.05, 3.63) is 35.9 Å². The fourth-order valence-corrected chi connectivity index (χ4v) is 2.52. The lowest BCUT2D eigenvalue weighted by Crippen LogP contribution is -1.92. The van der Waals surface area contributed by atoms with E-state index in [9.17, 15) is 0 Å². The summed E-state index contributed by atoms with van der Waals surface area (Å²) in [5.74, 6) is 0. The summed E-state index contributed by atoms with van der Waals surface area (Å²) in [6, 6.07) is 10.0. The summed E-state index contributed by atoms with van der Waals surface area (Å²) in [7, 11) is 3.21. The van der Waals surface area contributed by atoms with Crippen LogP contribution in [0.15, 0.2) is 30.3 Å². The minimum atomic E-state index is -2.07. The lowest BCUT2D eigenvalue weighted by atomic mass is 10.2. The number of hydrogen-bond donors (Lipinski definition) is 0. The molecule has 0 atom stereocenters. The van der Waals surface area contributed by atoms with E-state index in [1.165, 1.54) is 0 Å². The fourth-order valence-electron chi connectivity index (χ4n) is 1.01. The molecule has 0 N–H and O–H groups in total. The maximum absolute atomic E-state index is 5.25. The van der Waals surface area contributed by atoms with E-state index in [2.05, 4.69) is 0 Å². The Bertz CT molecular complexity index is 292. The van der Waals surface area contributed by atoms with Crippen LogP contribution in [0.5, 0.6) is 0 Å². The number of benzene rings is 1. The van der Waals surface area contributed by atoms with Gasteiger partial charge in [0.05, 0.1) is 0 Å². The van der Waals surface area contributed by atoms with Gasteiger partial charge in [-0.3, -0.25) is 0 Å². The fraction of sp³-hybridized carbons (Fsp3) is 0.333. The molecule has 0 aliphatic carbocycles. The van der Waals surface area contributed by atoms with E-state index in [-0.39, 0.29) is 0 Å². The van der Waals surface area contributed by atoms with Crippen LogP contribution in [-0.4, -0.2) is 14.2 Å². The van der Waals surface area contributed by atoms with Crippen LogP contribution in [-0.2, 0) is 27.0 Å². The van der Waals surface area contributed by atoms with Crippen molar-refractivity contribution in [1.29, 1.82) is 0 Å². The van der Waals surface area contributed by atoms with Gasteiger partial charge in [-0.25, -0.2) is 0 Å². The average Bonchev–Trinajstić information content (AvgIpc) is 2.19. The summed E-state index contributed by atoms with van der Waals surface area (Å²) in [5.41, 5.74) is 1.16. The van der Waals surface area contributed by atoms with Crippen molar-refractivity contribution in [2.24, 2.45) is 0 Å². The van der Waals surface area contributed by atoms with E-state index in [1.807, 2.05) is 30.3 Å². The zero-order valence-electron chi connectivity index (χ0n) is 7.77. The molecule has 0 bridgehead atoms. The minimum Gasteiger partial charge on any atom is -0.332 e. The van der Waals surface area contributed by atoms with Crippen molar-refractivity contribution < 1.29 is 9.05 Å². The zero-order chi connectivity index (χ0) is 9.73. The molecule has 0 spiro atoms. The number of rotatable bonds is 4. The Balaban J connectivity index is 2.74. The second-order valence-electron chi connectivity index (χ2n) is 2.62. The van der Waals surface area contributed by atoms with Crippen molar-refractivity contribution >= 4 is 18.3 Å². The molecule has 0 aliphatic heterocycles. The summed E-state index contributed by atoms with van der Waals surface area (Å²) in [5, 5.41) is 0. The van der Waals surface area contributed by atoms with Crippen LogP contribution >= 0.6 is 6.49 Å². The van der Waals surface area contributed by atoms with Crippen molar-refractivity contribution in [3.63, 3.8) is 0 Å². The summed E-state index contributed by atoms with van der Waals surface area (Å²) >= 11 is 5.25. The summed E-state index contributed by atoms with van der Waals surface area (Å²) < 4.78 is 10.4. The first kappa shape index (κ1) is 10.9. The molecule has 1 rings (SSSR count). The van der Waals surface area contributed by atoms with Gasteiger partial charge < -0.3 is 9.05 Å². The number of hydrogen-bond acceptors (Lipinski definition) is 3. The van der Waals surface area contributed by atoms with Crippen LogP contribution in [0.3, 0.4) is 0 Å². The molecule has 72 valence electrons. The maximum atomic E-state index is 5.25. The van der Waals surface area contributed by atoms with E-state index in [0.717, 1.165) is 5.56 Å². The van der Waals surface area contributed by atoms with Crippen molar-refractivity contribution in [3.8, 4) is 0 Å². The van der Waals surface area contributed by atoms with Gasteiger partial charge in [0.1, 0.15) is 0 Å². The summed E-state index contributed by atoms with van der Waals surface area (Å²) in [4.78, 5) is 0. The second-order valence-corrected chi connectivity index (χ2v) is 6.56. The first-order chi connectivity index (χ1) is 6.20. The highest BCUT2D eigenvalue weighted by atomic mass is 32.5. The van der Waals surface area contributed by atoms with Gasteiger partial charge in [-0.15, -0.1) is 0 Å². The monoisotopic (exact) mass is 216 g/mol. The SMILES string of the molecule is COP(=S)(Cc1ccccc1)OC. The van der Waals surface area contributed by atoms with Crippen LogP contribution in [0.2, 0.25) is 0 Å². The normalized spacial score (nSPS) is 11.5.